The maximum Gasteiger partial charge on any atom is 0.425 e. The summed E-state index contributed by atoms with van der Waals surface area (Å²) in [7, 11) is 1.40. The van der Waals surface area contributed by atoms with Crippen molar-refractivity contribution in [1.29, 1.82) is 0 Å². The van der Waals surface area contributed by atoms with Gasteiger partial charge in [-0.3, -0.25) is 9.36 Å². The molecule has 0 amide bonds. The quantitative estimate of drug-likeness (QED) is 0.709. The fourth-order valence-electron chi connectivity index (χ4n) is 2.20. The number of aryl methyl sites for hydroxylation is 1. The van der Waals surface area contributed by atoms with E-state index in [0.717, 1.165) is 16.7 Å². The van der Waals surface area contributed by atoms with Gasteiger partial charge in [-0.05, 0) is 23.6 Å². The number of halogens is 2. The number of hydrogen-bond acceptors (Lipinski definition) is 5. The molecule has 0 atom stereocenters. The van der Waals surface area contributed by atoms with Crippen molar-refractivity contribution < 1.29 is 18.3 Å². The van der Waals surface area contributed by atoms with E-state index in [0.29, 0.717) is 9.40 Å². The first-order valence-corrected chi connectivity index (χ1v) is 7.59. The molecule has 0 fully saturated rings. The summed E-state index contributed by atoms with van der Waals surface area (Å²) in [5.41, 5.74) is -2.20. The summed E-state index contributed by atoms with van der Waals surface area (Å²) in [6.45, 7) is -0.741. The van der Waals surface area contributed by atoms with Gasteiger partial charge >= 0.3 is 11.8 Å². The van der Waals surface area contributed by atoms with E-state index in [2.05, 4.69) is 0 Å². The number of fused-ring (bicyclic) bond motifs is 1. The van der Waals surface area contributed by atoms with Crippen molar-refractivity contribution in [2.24, 2.45) is 7.05 Å². The largest absolute Gasteiger partial charge is 0.444 e. The van der Waals surface area contributed by atoms with Gasteiger partial charge in [-0.15, -0.1) is 11.3 Å². The lowest BCUT2D eigenvalue weighted by atomic mass is 10.2. The molecule has 124 valence electrons. The molecule has 0 aliphatic heterocycles. The van der Waals surface area contributed by atoms with E-state index in [9.17, 15) is 23.2 Å². The van der Waals surface area contributed by atoms with E-state index >= 15 is 0 Å². The average molecular weight is 352 g/mol. The Morgan fingerprint density at radius 1 is 1.21 bits per heavy atom. The molecule has 2 heterocycles. The molecule has 9 heteroatoms. The maximum absolute atomic E-state index is 13.5. The zero-order valence-corrected chi connectivity index (χ0v) is 13.1. The normalized spacial score (nSPS) is 11.0. The van der Waals surface area contributed by atoms with Crippen molar-refractivity contribution in [2.45, 2.75) is 6.61 Å². The third-order valence-electron chi connectivity index (χ3n) is 3.45. The van der Waals surface area contributed by atoms with Gasteiger partial charge in [-0.25, -0.2) is 18.4 Å². The monoisotopic (exact) mass is 352 g/mol. The molecule has 0 radical (unpaired) electrons. The van der Waals surface area contributed by atoms with E-state index < -0.39 is 41.1 Å². The zero-order valence-electron chi connectivity index (χ0n) is 12.3. The van der Waals surface area contributed by atoms with Crippen LogP contribution in [-0.2, 0) is 18.4 Å². The van der Waals surface area contributed by atoms with Gasteiger partial charge in [0.2, 0.25) is 0 Å². The number of hydrogen-bond donors (Lipinski definition) is 0. The second kappa shape index (κ2) is 6.00. The van der Waals surface area contributed by atoms with Crippen molar-refractivity contribution in [2.75, 3.05) is 0 Å². The van der Waals surface area contributed by atoms with Gasteiger partial charge in [0.1, 0.15) is 23.1 Å². The summed E-state index contributed by atoms with van der Waals surface area (Å²) in [4.78, 5) is 36.9. The highest BCUT2D eigenvalue weighted by molar-refractivity contribution is 7.16. The minimum Gasteiger partial charge on any atom is -0.444 e. The molecule has 0 aliphatic rings. The summed E-state index contributed by atoms with van der Waals surface area (Å²) in [5, 5.41) is 1.78. The van der Waals surface area contributed by atoms with Gasteiger partial charge in [-0.2, -0.15) is 4.57 Å². The van der Waals surface area contributed by atoms with Crippen LogP contribution in [0.1, 0.15) is 5.56 Å². The number of nitrogens with zero attached hydrogens (tertiary/aromatic N) is 2. The van der Waals surface area contributed by atoms with Gasteiger partial charge in [0, 0.05) is 7.05 Å². The molecule has 1 aromatic carbocycles. The van der Waals surface area contributed by atoms with E-state index in [1.54, 1.807) is 5.38 Å². The van der Waals surface area contributed by atoms with E-state index in [4.69, 9.17) is 4.74 Å². The van der Waals surface area contributed by atoms with Crippen LogP contribution in [0.15, 0.2) is 39.2 Å². The number of aromatic nitrogens is 2. The Morgan fingerprint density at radius 3 is 2.54 bits per heavy atom. The Labute approximate surface area is 137 Å². The van der Waals surface area contributed by atoms with Gasteiger partial charge in [0.05, 0.1) is 10.9 Å². The number of ether oxygens (including phenoxy) is 1. The summed E-state index contributed by atoms with van der Waals surface area (Å²) in [5.74, 6) is -1.78. The average Bonchev–Trinajstić information content (AvgIpc) is 3.02. The summed E-state index contributed by atoms with van der Waals surface area (Å²) in [6.07, 6.45) is -1.30. The maximum atomic E-state index is 13.5. The highest BCUT2D eigenvalue weighted by atomic mass is 32.1. The third kappa shape index (κ3) is 2.52. The number of rotatable bonds is 2. The van der Waals surface area contributed by atoms with Crippen LogP contribution in [0, 0.1) is 11.6 Å². The summed E-state index contributed by atoms with van der Waals surface area (Å²) in [6, 6.07) is 4.66. The molecule has 24 heavy (non-hydrogen) atoms. The Balaban J connectivity index is 1.98. The molecule has 0 unspecified atom stereocenters. The molecule has 0 saturated carbocycles. The lowest BCUT2D eigenvalue weighted by molar-refractivity contribution is 0.136. The topological polar surface area (TPSA) is 70.3 Å². The smallest absolute Gasteiger partial charge is 0.425 e. The first-order valence-electron chi connectivity index (χ1n) is 6.71. The molecule has 2 aromatic heterocycles. The highest BCUT2D eigenvalue weighted by Gasteiger charge is 2.20. The Hall–Kier alpha value is -2.81. The molecule has 6 nitrogen and oxygen atoms in total. The lowest BCUT2D eigenvalue weighted by Gasteiger charge is -2.09. The van der Waals surface area contributed by atoms with Crippen molar-refractivity contribution in [3.05, 3.63) is 67.7 Å². The fourth-order valence-corrected chi connectivity index (χ4v) is 3.05. The Bertz CT molecular complexity index is 1050. The first kappa shape index (κ1) is 16.1. The van der Waals surface area contributed by atoms with Crippen molar-refractivity contribution in [3.8, 4) is 0 Å². The van der Waals surface area contributed by atoms with Gasteiger partial charge < -0.3 is 4.74 Å². The van der Waals surface area contributed by atoms with Crippen molar-refractivity contribution in [3.63, 3.8) is 0 Å². The highest BCUT2D eigenvalue weighted by Crippen LogP contribution is 2.15. The first-order chi connectivity index (χ1) is 11.4. The van der Waals surface area contributed by atoms with Crippen LogP contribution in [0.5, 0.6) is 0 Å². The molecule has 3 aromatic rings. The second-order valence-electron chi connectivity index (χ2n) is 4.88. The zero-order chi connectivity index (χ0) is 17.4. The van der Waals surface area contributed by atoms with Crippen LogP contribution >= 0.6 is 11.3 Å². The predicted octanol–water partition coefficient (Wildman–Crippen LogP) is 2.22. The number of benzene rings is 1. The number of carbonyl (C=O) groups excluding carboxylic acids is 1. The summed E-state index contributed by atoms with van der Waals surface area (Å²) >= 11 is 1.18. The predicted molar refractivity (Wildman–Crippen MR) is 83.3 cm³/mol. The van der Waals surface area contributed by atoms with E-state index in [1.807, 2.05) is 0 Å². The van der Waals surface area contributed by atoms with E-state index in [-0.39, 0.29) is 5.39 Å². The van der Waals surface area contributed by atoms with Gasteiger partial charge in [0.25, 0.3) is 5.56 Å². The number of thiophene rings is 1. The van der Waals surface area contributed by atoms with Crippen LogP contribution in [-0.4, -0.2) is 15.2 Å². The van der Waals surface area contributed by atoms with Crippen LogP contribution in [0.2, 0.25) is 0 Å². The van der Waals surface area contributed by atoms with Crippen LogP contribution in [0.3, 0.4) is 0 Å². The molecule has 0 bridgehead atoms. The lowest BCUT2D eigenvalue weighted by Crippen LogP contribution is -2.43. The van der Waals surface area contributed by atoms with E-state index in [1.165, 1.54) is 30.5 Å². The molecule has 0 spiro atoms. The third-order valence-corrected chi connectivity index (χ3v) is 4.43. The van der Waals surface area contributed by atoms with Crippen LogP contribution in [0.4, 0.5) is 13.6 Å². The SMILES string of the molecule is Cn1c(=O)n(C(=O)OCc2c(F)cccc2F)c(=O)c2ccsc21. The molecule has 0 N–H and O–H groups in total. The number of carbonyl (C=O) groups is 1. The second-order valence-corrected chi connectivity index (χ2v) is 5.77. The molecular formula is C15H10F2N2O4S. The molecule has 0 aliphatic carbocycles. The fraction of sp³-hybridized carbons (Fsp3) is 0.133. The molecular weight excluding hydrogens is 342 g/mol. The summed E-state index contributed by atoms with van der Waals surface area (Å²) < 4.78 is 33.2. The van der Waals surface area contributed by atoms with Crippen LogP contribution < -0.4 is 11.2 Å². The Morgan fingerprint density at radius 2 is 1.88 bits per heavy atom. The van der Waals surface area contributed by atoms with Gasteiger partial charge in [0.15, 0.2) is 0 Å². The molecule has 0 saturated heterocycles. The minimum absolute atomic E-state index is 0.177. The van der Waals surface area contributed by atoms with Crippen molar-refractivity contribution in [1.82, 2.24) is 9.13 Å². The standard InChI is InChI=1S/C15H10F2N2O4S/c1-18-13-8(5-6-24-13)12(20)19(14(18)21)15(22)23-7-9-10(16)3-2-4-11(9)17/h2-6H,7H2,1H3. The van der Waals surface area contributed by atoms with Gasteiger partial charge in [-0.1, -0.05) is 6.07 Å². The minimum atomic E-state index is -1.30. The molecule has 3 rings (SSSR count). The Kier molecular flexibility index (Phi) is 4.02. The van der Waals surface area contributed by atoms with Crippen molar-refractivity contribution >= 4 is 27.6 Å². The van der Waals surface area contributed by atoms with Crippen LogP contribution in [0.25, 0.3) is 10.2 Å².